The van der Waals surface area contributed by atoms with Gasteiger partial charge in [-0.1, -0.05) is 31.4 Å². The van der Waals surface area contributed by atoms with E-state index in [9.17, 15) is 4.79 Å². The molecule has 1 unspecified atom stereocenters. The first-order chi connectivity index (χ1) is 14.2. The molecule has 0 bridgehead atoms. The lowest BCUT2D eigenvalue weighted by Crippen LogP contribution is -2.41. The zero-order valence-electron chi connectivity index (χ0n) is 18.0. The number of anilines is 1. The number of amides is 1. The van der Waals surface area contributed by atoms with Gasteiger partial charge in [0.25, 0.3) is 0 Å². The summed E-state index contributed by atoms with van der Waals surface area (Å²) >= 11 is 0. The van der Waals surface area contributed by atoms with Crippen LogP contribution in [0, 0.1) is 11.8 Å². The molecule has 1 aromatic carbocycles. The number of nitrogens with one attached hydrogen (secondary N) is 2. The average molecular weight is 401 g/mol. The summed E-state index contributed by atoms with van der Waals surface area (Å²) in [5.74, 6) is 1.81. The SMILES string of the molecule is CCNC(=NCc1cccc(NC(=O)C2CCCCC2)c1)N(C)CC1CCOC1. The lowest BCUT2D eigenvalue weighted by Gasteiger charge is -2.24. The van der Waals surface area contributed by atoms with Crippen molar-refractivity contribution in [3.05, 3.63) is 29.8 Å². The van der Waals surface area contributed by atoms with E-state index in [4.69, 9.17) is 9.73 Å². The van der Waals surface area contributed by atoms with Gasteiger partial charge in [0.05, 0.1) is 13.2 Å². The predicted molar refractivity (Wildman–Crippen MR) is 118 cm³/mol. The highest BCUT2D eigenvalue weighted by Crippen LogP contribution is 2.25. The number of nitrogens with zero attached hydrogens (tertiary/aromatic N) is 2. The molecular formula is C23H36N4O2. The third-order valence-electron chi connectivity index (χ3n) is 5.83. The standard InChI is InChI=1S/C23H36N4O2/c1-3-24-23(27(2)16-19-12-13-29-17-19)25-15-18-8-7-11-21(14-18)26-22(28)20-9-5-4-6-10-20/h7-8,11,14,19-20H,3-6,9-10,12-13,15-17H2,1-2H3,(H,24,25)(H,26,28). The van der Waals surface area contributed by atoms with Gasteiger partial charge in [0.15, 0.2) is 5.96 Å². The molecule has 2 N–H and O–H groups in total. The minimum absolute atomic E-state index is 0.164. The number of ether oxygens (including phenoxy) is 1. The third-order valence-corrected chi connectivity index (χ3v) is 5.83. The molecular weight excluding hydrogens is 364 g/mol. The molecule has 1 aliphatic heterocycles. The molecule has 29 heavy (non-hydrogen) atoms. The Bertz CT molecular complexity index is 679. The van der Waals surface area contributed by atoms with Gasteiger partial charge >= 0.3 is 0 Å². The maximum Gasteiger partial charge on any atom is 0.227 e. The average Bonchev–Trinajstić information content (AvgIpc) is 3.25. The first-order valence-corrected chi connectivity index (χ1v) is 11.1. The summed E-state index contributed by atoms with van der Waals surface area (Å²) in [6, 6.07) is 8.06. The topological polar surface area (TPSA) is 66.0 Å². The predicted octanol–water partition coefficient (Wildman–Crippen LogP) is 3.64. The highest BCUT2D eigenvalue weighted by Gasteiger charge is 2.21. The molecule has 1 saturated heterocycles. The van der Waals surface area contributed by atoms with Gasteiger partial charge in [-0.25, -0.2) is 4.99 Å². The normalized spacial score (nSPS) is 20.5. The number of carbonyl (C=O) groups excluding carboxylic acids is 1. The molecule has 3 rings (SSSR count). The van der Waals surface area contributed by atoms with Crippen LogP contribution < -0.4 is 10.6 Å². The molecule has 6 heteroatoms. The monoisotopic (exact) mass is 400 g/mol. The molecule has 1 aliphatic carbocycles. The Labute approximate surface area is 175 Å². The third kappa shape index (κ3) is 6.74. The molecule has 2 fully saturated rings. The summed E-state index contributed by atoms with van der Waals surface area (Å²) < 4.78 is 5.49. The first kappa shape index (κ1) is 21.6. The molecule has 1 heterocycles. The van der Waals surface area contributed by atoms with Crippen LogP contribution in [-0.4, -0.2) is 50.1 Å². The van der Waals surface area contributed by atoms with Crippen molar-refractivity contribution in [3.8, 4) is 0 Å². The molecule has 1 saturated carbocycles. The number of carbonyl (C=O) groups is 1. The first-order valence-electron chi connectivity index (χ1n) is 11.1. The van der Waals surface area contributed by atoms with Gasteiger partial charge in [0.2, 0.25) is 5.91 Å². The number of rotatable bonds is 7. The second-order valence-electron chi connectivity index (χ2n) is 8.30. The van der Waals surface area contributed by atoms with Gasteiger partial charge < -0.3 is 20.3 Å². The summed E-state index contributed by atoms with van der Waals surface area (Å²) in [6.45, 7) is 6.16. The Hall–Kier alpha value is -2.08. The van der Waals surface area contributed by atoms with E-state index < -0.39 is 0 Å². The minimum atomic E-state index is 0.164. The summed E-state index contributed by atoms with van der Waals surface area (Å²) in [7, 11) is 2.08. The highest BCUT2D eigenvalue weighted by molar-refractivity contribution is 5.92. The molecule has 0 radical (unpaired) electrons. The maximum atomic E-state index is 12.5. The van der Waals surface area contributed by atoms with Crippen LogP contribution in [0.2, 0.25) is 0 Å². The van der Waals surface area contributed by atoms with Crippen molar-refractivity contribution in [2.24, 2.45) is 16.8 Å². The van der Waals surface area contributed by atoms with Gasteiger partial charge in [-0.05, 0) is 43.9 Å². The molecule has 2 aliphatic rings. The fraction of sp³-hybridized carbons (Fsp3) is 0.652. The summed E-state index contributed by atoms with van der Waals surface area (Å²) in [5.41, 5.74) is 1.97. The molecule has 160 valence electrons. The van der Waals surface area contributed by atoms with Gasteiger partial charge in [0, 0.05) is 44.3 Å². The molecule has 0 aromatic heterocycles. The van der Waals surface area contributed by atoms with Crippen LogP contribution in [0.1, 0.15) is 51.0 Å². The Morgan fingerprint density at radius 2 is 2.07 bits per heavy atom. The smallest absolute Gasteiger partial charge is 0.227 e. The van der Waals surface area contributed by atoms with Gasteiger partial charge in [-0.15, -0.1) is 0 Å². The fourth-order valence-corrected chi connectivity index (χ4v) is 4.19. The van der Waals surface area contributed by atoms with Gasteiger partial charge in [-0.3, -0.25) is 4.79 Å². The van der Waals surface area contributed by atoms with E-state index in [-0.39, 0.29) is 11.8 Å². The van der Waals surface area contributed by atoms with Crippen LogP contribution in [0.5, 0.6) is 0 Å². The van der Waals surface area contributed by atoms with Crippen molar-refractivity contribution < 1.29 is 9.53 Å². The lowest BCUT2D eigenvalue weighted by atomic mass is 9.88. The Balaban J connectivity index is 1.58. The molecule has 6 nitrogen and oxygen atoms in total. The van der Waals surface area contributed by atoms with E-state index >= 15 is 0 Å². The molecule has 1 aromatic rings. The van der Waals surface area contributed by atoms with Crippen LogP contribution in [0.4, 0.5) is 5.69 Å². The van der Waals surface area contributed by atoms with Crippen LogP contribution in [0.15, 0.2) is 29.3 Å². The van der Waals surface area contributed by atoms with E-state index in [1.165, 1.54) is 19.3 Å². The molecule has 1 amide bonds. The van der Waals surface area contributed by atoms with E-state index in [1.807, 2.05) is 18.2 Å². The number of aliphatic imine (C=N–C) groups is 1. The highest BCUT2D eigenvalue weighted by atomic mass is 16.5. The van der Waals surface area contributed by atoms with E-state index in [0.29, 0.717) is 12.5 Å². The van der Waals surface area contributed by atoms with Crippen molar-refractivity contribution in [1.82, 2.24) is 10.2 Å². The number of guanidine groups is 1. The van der Waals surface area contributed by atoms with Crippen molar-refractivity contribution >= 4 is 17.6 Å². The zero-order chi connectivity index (χ0) is 20.5. The van der Waals surface area contributed by atoms with Crippen LogP contribution in [0.25, 0.3) is 0 Å². The maximum absolute atomic E-state index is 12.5. The van der Waals surface area contributed by atoms with Gasteiger partial charge in [0.1, 0.15) is 0 Å². The van der Waals surface area contributed by atoms with E-state index in [2.05, 4.69) is 35.6 Å². The largest absolute Gasteiger partial charge is 0.381 e. The summed E-state index contributed by atoms with van der Waals surface area (Å²) in [4.78, 5) is 19.5. The zero-order valence-corrected chi connectivity index (χ0v) is 18.0. The lowest BCUT2D eigenvalue weighted by molar-refractivity contribution is -0.120. The molecule has 1 atom stereocenters. The van der Waals surface area contributed by atoms with Crippen LogP contribution >= 0.6 is 0 Å². The Kier molecular flexibility index (Phi) is 8.35. The van der Waals surface area contributed by atoms with E-state index in [1.54, 1.807) is 0 Å². The number of hydrogen-bond donors (Lipinski definition) is 2. The second-order valence-corrected chi connectivity index (χ2v) is 8.30. The summed E-state index contributed by atoms with van der Waals surface area (Å²) in [5, 5.41) is 6.49. The number of hydrogen-bond acceptors (Lipinski definition) is 3. The Morgan fingerprint density at radius 3 is 2.79 bits per heavy atom. The van der Waals surface area contributed by atoms with Crippen molar-refractivity contribution in [3.63, 3.8) is 0 Å². The van der Waals surface area contributed by atoms with Crippen molar-refractivity contribution in [2.45, 2.75) is 52.0 Å². The number of benzene rings is 1. The van der Waals surface area contributed by atoms with Crippen LogP contribution in [0.3, 0.4) is 0 Å². The quantitative estimate of drug-likeness (QED) is 0.542. The van der Waals surface area contributed by atoms with E-state index in [0.717, 1.165) is 62.8 Å². The van der Waals surface area contributed by atoms with Crippen molar-refractivity contribution in [2.75, 3.05) is 38.7 Å². The molecule has 0 spiro atoms. The second kappa shape index (κ2) is 11.2. The minimum Gasteiger partial charge on any atom is -0.381 e. The van der Waals surface area contributed by atoms with Crippen molar-refractivity contribution in [1.29, 1.82) is 0 Å². The Morgan fingerprint density at radius 1 is 1.24 bits per heavy atom. The van der Waals surface area contributed by atoms with Gasteiger partial charge in [-0.2, -0.15) is 0 Å². The fourth-order valence-electron chi connectivity index (χ4n) is 4.19. The van der Waals surface area contributed by atoms with Crippen LogP contribution in [-0.2, 0) is 16.1 Å². The summed E-state index contributed by atoms with van der Waals surface area (Å²) in [6.07, 6.45) is 6.74.